The Morgan fingerprint density at radius 1 is 1.17 bits per heavy atom. The van der Waals surface area contributed by atoms with Crippen LogP contribution in [0.2, 0.25) is 0 Å². The van der Waals surface area contributed by atoms with Crippen molar-refractivity contribution in [1.82, 2.24) is 15.1 Å². The molecule has 1 aliphatic rings. The Bertz CT molecular complexity index is 552. The van der Waals surface area contributed by atoms with Gasteiger partial charge in [-0.15, -0.1) is 0 Å². The molecule has 1 saturated heterocycles. The third-order valence-electron chi connectivity index (χ3n) is 4.69. The Morgan fingerprint density at radius 3 is 2.58 bits per heavy atom. The predicted molar refractivity (Wildman–Crippen MR) is 97.7 cm³/mol. The predicted octanol–water partition coefficient (Wildman–Crippen LogP) is 1.74. The summed E-state index contributed by atoms with van der Waals surface area (Å²) in [6.07, 6.45) is 0.984. The van der Waals surface area contributed by atoms with E-state index in [1.54, 1.807) is 0 Å². The zero-order valence-corrected chi connectivity index (χ0v) is 15.5. The molecule has 2 rings (SSSR count). The molecular weight excluding hydrogens is 302 g/mol. The van der Waals surface area contributed by atoms with Crippen LogP contribution in [-0.4, -0.2) is 68.6 Å². The van der Waals surface area contributed by atoms with Crippen LogP contribution in [0.4, 0.5) is 0 Å². The molecule has 1 aliphatic heterocycles. The van der Waals surface area contributed by atoms with Crippen molar-refractivity contribution in [3.63, 3.8) is 0 Å². The smallest absolute Gasteiger partial charge is 0.257 e. The monoisotopic (exact) mass is 333 g/mol. The average Bonchev–Trinajstić information content (AvgIpc) is 2.55. The Kier molecular flexibility index (Phi) is 7.06. The molecule has 0 bridgehead atoms. The van der Waals surface area contributed by atoms with Crippen LogP contribution in [0, 0.1) is 20.8 Å². The van der Waals surface area contributed by atoms with Gasteiger partial charge in [0.25, 0.3) is 5.91 Å². The molecule has 1 amide bonds. The van der Waals surface area contributed by atoms with E-state index in [-0.39, 0.29) is 12.5 Å². The van der Waals surface area contributed by atoms with Gasteiger partial charge in [-0.2, -0.15) is 0 Å². The highest BCUT2D eigenvalue weighted by Crippen LogP contribution is 2.23. The van der Waals surface area contributed by atoms with Crippen molar-refractivity contribution in [3.05, 3.63) is 28.8 Å². The molecule has 0 unspecified atom stereocenters. The number of aryl methyl sites for hydroxylation is 2. The summed E-state index contributed by atoms with van der Waals surface area (Å²) in [5.74, 6) is 0.757. The second-order valence-electron chi connectivity index (χ2n) is 6.84. The van der Waals surface area contributed by atoms with Crippen LogP contribution in [0.15, 0.2) is 12.1 Å². The van der Waals surface area contributed by atoms with Crippen LogP contribution < -0.4 is 10.1 Å². The Labute approximate surface area is 146 Å². The number of amides is 1. The first-order chi connectivity index (χ1) is 11.5. The molecule has 5 nitrogen and oxygen atoms in total. The Balaban J connectivity index is 1.63. The maximum Gasteiger partial charge on any atom is 0.257 e. The van der Waals surface area contributed by atoms with Crippen LogP contribution in [-0.2, 0) is 4.79 Å². The van der Waals surface area contributed by atoms with Gasteiger partial charge in [0.15, 0.2) is 6.61 Å². The second-order valence-corrected chi connectivity index (χ2v) is 6.84. The molecule has 1 heterocycles. The summed E-state index contributed by atoms with van der Waals surface area (Å²) in [4.78, 5) is 16.7. The number of piperazine rings is 1. The zero-order chi connectivity index (χ0) is 17.5. The van der Waals surface area contributed by atoms with Gasteiger partial charge in [-0.3, -0.25) is 4.79 Å². The first-order valence-corrected chi connectivity index (χ1v) is 8.84. The van der Waals surface area contributed by atoms with E-state index < -0.39 is 0 Å². The van der Waals surface area contributed by atoms with Crippen molar-refractivity contribution in [2.45, 2.75) is 27.2 Å². The lowest BCUT2D eigenvalue weighted by atomic mass is 10.1. The van der Waals surface area contributed by atoms with E-state index in [1.165, 1.54) is 5.56 Å². The maximum atomic E-state index is 11.9. The van der Waals surface area contributed by atoms with E-state index in [1.807, 2.05) is 19.9 Å². The summed E-state index contributed by atoms with van der Waals surface area (Å²) in [6, 6.07) is 4.11. The summed E-state index contributed by atoms with van der Waals surface area (Å²) in [7, 11) is 2.16. The quantitative estimate of drug-likeness (QED) is 0.772. The molecule has 0 aromatic heterocycles. The van der Waals surface area contributed by atoms with Gasteiger partial charge in [0, 0.05) is 32.7 Å². The highest BCUT2D eigenvalue weighted by Gasteiger charge is 2.13. The molecule has 24 heavy (non-hydrogen) atoms. The highest BCUT2D eigenvalue weighted by atomic mass is 16.5. The van der Waals surface area contributed by atoms with Gasteiger partial charge in [0.05, 0.1) is 0 Å². The highest BCUT2D eigenvalue weighted by molar-refractivity contribution is 5.77. The molecular formula is C19H31N3O2. The lowest BCUT2D eigenvalue weighted by molar-refractivity contribution is -0.123. The molecule has 1 aromatic rings. The molecule has 0 aliphatic carbocycles. The molecule has 1 N–H and O–H groups in total. The van der Waals surface area contributed by atoms with E-state index >= 15 is 0 Å². The van der Waals surface area contributed by atoms with Crippen LogP contribution in [0.5, 0.6) is 5.75 Å². The summed E-state index contributed by atoms with van der Waals surface area (Å²) in [5, 5.41) is 2.95. The van der Waals surface area contributed by atoms with Gasteiger partial charge in [0.1, 0.15) is 5.75 Å². The number of hydrogen-bond acceptors (Lipinski definition) is 4. The van der Waals surface area contributed by atoms with E-state index in [9.17, 15) is 4.79 Å². The van der Waals surface area contributed by atoms with Gasteiger partial charge in [-0.25, -0.2) is 0 Å². The molecule has 0 spiro atoms. The lowest BCUT2D eigenvalue weighted by Crippen LogP contribution is -2.45. The SMILES string of the molecule is Cc1cc(C)c(C)c(OCC(=O)NCCCN2CCN(C)CC2)c1. The van der Waals surface area contributed by atoms with Crippen LogP contribution >= 0.6 is 0 Å². The Morgan fingerprint density at radius 2 is 1.88 bits per heavy atom. The zero-order valence-electron chi connectivity index (χ0n) is 15.5. The third-order valence-corrected chi connectivity index (χ3v) is 4.69. The summed E-state index contributed by atoms with van der Waals surface area (Å²) in [6.45, 7) is 12.5. The van der Waals surface area contributed by atoms with Gasteiger partial charge in [-0.05, 0) is 63.5 Å². The lowest BCUT2D eigenvalue weighted by Gasteiger charge is -2.32. The fourth-order valence-electron chi connectivity index (χ4n) is 2.95. The molecule has 1 fully saturated rings. The van der Waals surface area contributed by atoms with E-state index in [0.717, 1.165) is 56.0 Å². The normalized spacial score (nSPS) is 16.2. The van der Waals surface area contributed by atoms with Gasteiger partial charge in [0.2, 0.25) is 0 Å². The number of nitrogens with zero attached hydrogens (tertiary/aromatic N) is 2. The maximum absolute atomic E-state index is 11.9. The summed E-state index contributed by atoms with van der Waals surface area (Å²) in [5.41, 5.74) is 3.45. The number of rotatable bonds is 7. The number of benzene rings is 1. The fraction of sp³-hybridized carbons (Fsp3) is 0.632. The third kappa shape index (κ3) is 5.80. The molecule has 0 atom stereocenters. The number of ether oxygens (including phenoxy) is 1. The molecule has 0 saturated carbocycles. The van der Waals surface area contributed by atoms with Crippen molar-refractivity contribution in [3.8, 4) is 5.75 Å². The number of likely N-dealkylation sites (N-methyl/N-ethyl adjacent to an activating group) is 1. The standard InChI is InChI=1S/C19H31N3O2/c1-15-12-16(2)17(3)18(13-15)24-14-19(23)20-6-5-7-22-10-8-21(4)9-11-22/h12-13H,5-11,14H2,1-4H3,(H,20,23). The summed E-state index contributed by atoms with van der Waals surface area (Å²) < 4.78 is 5.69. The van der Waals surface area contributed by atoms with Crippen molar-refractivity contribution < 1.29 is 9.53 Å². The molecule has 0 radical (unpaired) electrons. The largest absolute Gasteiger partial charge is 0.483 e. The van der Waals surface area contributed by atoms with Crippen molar-refractivity contribution in [2.24, 2.45) is 0 Å². The summed E-state index contributed by atoms with van der Waals surface area (Å²) >= 11 is 0. The minimum atomic E-state index is -0.0491. The van der Waals surface area contributed by atoms with Gasteiger partial charge >= 0.3 is 0 Å². The topological polar surface area (TPSA) is 44.8 Å². The van der Waals surface area contributed by atoms with E-state index in [0.29, 0.717) is 6.54 Å². The fourth-order valence-corrected chi connectivity index (χ4v) is 2.95. The van der Waals surface area contributed by atoms with Crippen molar-refractivity contribution >= 4 is 5.91 Å². The van der Waals surface area contributed by atoms with Crippen molar-refractivity contribution in [1.29, 1.82) is 0 Å². The van der Waals surface area contributed by atoms with Crippen LogP contribution in [0.3, 0.4) is 0 Å². The molecule has 5 heteroatoms. The first-order valence-electron chi connectivity index (χ1n) is 8.84. The number of carbonyl (C=O) groups excluding carboxylic acids is 1. The van der Waals surface area contributed by atoms with E-state index in [2.05, 4.69) is 35.2 Å². The average molecular weight is 333 g/mol. The van der Waals surface area contributed by atoms with Gasteiger partial charge < -0.3 is 19.9 Å². The second kappa shape index (κ2) is 9.04. The van der Waals surface area contributed by atoms with Crippen molar-refractivity contribution in [2.75, 3.05) is 52.9 Å². The first kappa shape index (κ1) is 18.7. The minimum Gasteiger partial charge on any atom is -0.483 e. The minimum absolute atomic E-state index is 0.0491. The Hall–Kier alpha value is -1.59. The number of carbonyl (C=O) groups is 1. The number of hydrogen-bond donors (Lipinski definition) is 1. The van der Waals surface area contributed by atoms with E-state index in [4.69, 9.17) is 4.74 Å². The molecule has 134 valence electrons. The van der Waals surface area contributed by atoms with Crippen LogP contribution in [0.1, 0.15) is 23.1 Å². The number of nitrogens with one attached hydrogen (secondary N) is 1. The van der Waals surface area contributed by atoms with Crippen LogP contribution in [0.25, 0.3) is 0 Å². The van der Waals surface area contributed by atoms with Gasteiger partial charge in [-0.1, -0.05) is 6.07 Å². The molecule has 1 aromatic carbocycles.